The fourth-order valence-corrected chi connectivity index (χ4v) is 6.73. The number of benzene rings is 1. The van der Waals surface area contributed by atoms with Crippen molar-refractivity contribution in [2.24, 2.45) is 17.3 Å². The van der Waals surface area contributed by atoms with Crippen LogP contribution >= 0.6 is 0 Å². The third-order valence-corrected chi connectivity index (χ3v) is 7.42. The third kappa shape index (κ3) is 0.967. The van der Waals surface area contributed by atoms with Crippen molar-refractivity contribution in [3.63, 3.8) is 0 Å². The predicted molar refractivity (Wildman–Crippen MR) is 79.8 cm³/mol. The number of rotatable bonds is 1. The molecule has 5 aliphatic rings. The molecule has 2 fully saturated rings. The van der Waals surface area contributed by atoms with Crippen molar-refractivity contribution >= 4 is 0 Å². The molecule has 5 atom stereocenters. The van der Waals surface area contributed by atoms with Crippen molar-refractivity contribution in [2.75, 3.05) is 7.11 Å². The molecule has 0 saturated heterocycles. The fraction of sp³-hybridized carbons (Fsp3) is 0.579. The second-order valence-electron chi connectivity index (χ2n) is 7.84. The SMILES string of the molecule is COc1ccc2c3c1O[C@H]1C=CC[C@H]4[C@@H]5CCC5(C2)C[C@]314. The standard InChI is InChI=1S/C19H20O2/c1-20-14-6-5-11-9-18-8-7-12(18)13-3-2-4-15-19(13,10-18)16(11)17(14)21-15/h2,4-6,12-13,15H,3,7-10H2,1H3/t12-,13-,15-,18?,19+/m0/s1. The Balaban J connectivity index is 1.71. The highest BCUT2D eigenvalue weighted by Gasteiger charge is 2.72. The predicted octanol–water partition coefficient (Wildman–Crippen LogP) is 3.63. The second kappa shape index (κ2) is 3.16. The molecule has 21 heavy (non-hydrogen) atoms. The van der Waals surface area contributed by atoms with Crippen LogP contribution in [0.2, 0.25) is 0 Å². The van der Waals surface area contributed by atoms with E-state index in [-0.39, 0.29) is 11.5 Å². The van der Waals surface area contributed by atoms with Crippen molar-refractivity contribution in [1.29, 1.82) is 0 Å². The first-order valence-electron chi connectivity index (χ1n) is 8.32. The van der Waals surface area contributed by atoms with Crippen LogP contribution in [0.15, 0.2) is 24.3 Å². The monoisotopic (exact) mass is 280 g/mol. The van der Waals surface area contributed by atoms with Gasteiger partial charge in [0.05, 0.1) is 7.11 Å². The lowest BCUT2D eigenvalue weighted by Crippen LogP contribution is -2.44. The van der Waals surface area contributed by atoms with Gasteiger partial charge in [0.25, 0.3) is 0 Å². The Bertz CT molecular complexity index is 706. The molecule has 1 aromatic carbocycles. The zero-order chi connectivity index (χ0) is 13.8. The highest BCUT2D eigenvalue weighted by molar-refractivity contribution is 5.63. The first kappa shape index (κ1) is 11.2. The van der Waals surface area contributed by atoms with Gasteiger partial charge in [0.2, 0.25) is 0 Å². The van der Waals surface area contributed by atoms with E-state index in [0.29, 0.717) is 5.41 Å². The van der Waals surface area contributed by atoms with E-state index in [1.54, 1.807) is 12.7 Å². The molecule has 2 heteroatoms. The van der Waals surface area contributed by atoms with E-state index >= 15 is 0 Å². The third-order valence-electron chi connectivity index (χ3n) is 7.42. The first-order chi connectivity index (χ1) is 10.3. The molecular weight excluding hydrogens is 260 g/mol. The van der Waals surface area contributed by atoms with E-state index in [1.807, 2.05) is 0 Å². The summed E-state index contributed by atoms with van der Waals surface area (Å²) in [7, 11) is 1.76. The molecule has 0 aromatic heterocycles. The van der Waals surface area contributed by atoms with Gasteiger partial charge in [-0.1, -0.05) is 12.1 Å². The minimum atomic E-state index is 0.254. The van der Waals surface area contributed by atoms with E-state index < -0.39 is 0 Å². The second-order valence-corrected chi connectivity index (χ2v) is 7.84. The Hall–Kier alpha value is -1.44. The molecule has 6 rings (SSSR count). The van der Waals surface area contributed by atoms with Gasteiger partial charge in [0, 0.05) is 11.0 Å². The number of ether oxygens (including phenoxy) is 2. The van der Waals surface area contributed by atoms with Gasteiger partial charge in [-0.05, 0) is 67.1 Å². The lowest BCUT2D eigenvalue weighted by Gasteiger charge is -2.48. The molecule has 1 aliphatic heterocycles. The average Bonchev–Trinajstić information content (AvgIpc) is 2.90. The van der Waals surface area contributed by atoms with Crippen molar-refractivity contribution in [1.82, 2.24) is 0 Å². The van der Waals surface area contributed by atoms with Crippen LogP contribution in [0.5, 0.6) is 11.5 Å². The summed E-state index contributed by atoms with van der Waals surface area (Å²) in [6, 6.07) is 4.44. The van der Waals surface area contributed by atoms with Gasteiger partial charge in [0.1, 0.15) is 6.10 Å². The van der Waals surface area contributed by atoms with Crippen LogP contribution in [-0.2, 0) is 11.8 Å². The summed E-state index contributed by atoms with van der Waals surface area (Å²) >= 11 is 0. The topological polar surface area (TPSA) is 18.5 Å². The number of allylic oxidation sites excluding steroid dienone is 1. The molecule has 1 heterocycles. The lowest BCUT2D eigenvalue weighted by molar-refractivity contribution is 0.0400. The van der Waals surface area contributed by atoms with Gasteiger partial charge in [-0.2, -0.15) is 0 Å². The lowest BCUT2D eigenvalue weighted by atomic mass is 9.56. The number of hydrogen-bond acceptors (Lipinski definition) is 2. The highest BCUT2D eigenvalue weighted by Crippen LogP contribution is 2.76. The molecule has 0 amide bonds. The zero-order valence-corrected chi connectivity index (χ0v) is 12.4. The van der Waals surface area contributed by atoms with Crippen LogP contribution in [0.4, 0.5) is 0 Å². The van der Waals surface area contributed by atoms with Crippen molar-refractivity contribution in [3.05, 3.63) is 35.4 Å². The van der Waals surface area contributed by atoms with Crippen LogP contribution in [-0.4, -0.2) is 13.2 Å². The van der Waals surface area contributed by atoms with Crippen LogP contribution in [0.1, 0.15) is 36.8 Å². The van der Waals surface area contributed by atoms with Gasteiger partial charge in [-0.15, -0.1) is 0 Å². The summed E-state index contributed by atoms with van der Waals surface area (Å²) in [5, 5.41) is 0. The largest absolute Gasteiger partial charge is 0.493 e. The van der Waals surface area contributed by atoms with E-state index in [4.69, 9.17) is 9.47 Å². The van der Waals surface area contributed by atoms with E-state index in [9.17, 15) is 0 Å². The van der Waals surface area contributed by atoms with Crippen LogP contribution in [0.3, 0.4) is 0 Å². The molecule has 0 N–H and O–H groups in total. The minimum absolute atomic E-state index is 0.254. The molecule has 0 radical (unpaired) electrons. The van der Waals surface area contributed by atoms with Gasteiger partial charge in [0.15, 0.2) is 11.5 Å². The van der Waals surface area contributed by atoms with Crippen LogP contribution in [0, 0.1) is 17.3 Å². The fourth-order valence-electron chi connectivity index (χ4n) is 6.73. The summed E-state index contributed by atoms with van der Waals surface area (Å²) in [5.74, 6) is 3.72. The number of hydrogen-bond donors (Lipinski definition) is 0. The highest BCUT2D eigenvalue weighted by atomic mass is 16.5. The van der Waals surface area contributed by atoms with E-state index in [0.717, 1.165) is 23.3 Å². The minimum Gasteiger partial charge on any atom is -0.493 e. The summed E-state index contributed by atoms with van der Waals surface area (Å²) in [6.45, 7) is 0. The Morgan fingerprint density at radius 2 is 2.24 bits per heavy atom. The Morgan fingerprint density at radius 1 is 1.29 bits per heavy atom. The van der Waals surface area contributed by atoms with Crippen LogP contribution in [0.25, 0.3) is 0 Å². The molecular formula is C19H20O2. The molecule has 2 spiro atoms. The summed E-state index contributed by atoms with van der Waals surface area (Å²) in [4.78, 5) is 0. The molecule has 2 bridgehead atoms. The maximum atomic E-state index is 6.45. The first-order valence-corrected chi connectivity index (χ1v) is 8.32. The normalized spacial score (nSPS) is 46.4. The van der Waals surface area contributed by atoms with Gasteiger partial charge >= 0.3 is 0 Å². The number of methoxy groups -OCH3 is 1. The zero-order valence-electron chi connectivity index (χ0n) is 12.4. The Morgan fingerprint density at radius 3 is 3.05 bits per heavy atom. The molecule has 1 unspecified atom stereocenters. The summed E-state index contributed by atoms with van der Waals surface area (Å²) < 4.78 is 12.1. The maximum absolute atomic E-state index is 6.45. The quantitative estimate of drug-likeness (QED) is 0.731. The van der Waals surface area contributed by atoms with Crippen molar-refractivity contribution < 1.29 is 9.47 Å². The molecule has 108 valence electrons. The van der Waals surface area contributed by atoms with Gasteiger partial charge in [-0.3, -0.25) is 0 Å². The van der Waals surface area contributed by atoms with E-state index in [1.165, 1.54) is 37.7 Å². The van der Waals surface area contributed by atoms with Gasteiger partial charge < -0.3 is 9.47 Å². The van der Waals surface area contributed by atoms with E-state index in [2.05, 4.69) is 24.3 Å². The Labute approximate surface area is 125 Å². The smallest absolute Gasteiger partial charge is 0.166 e. The van der Waals surface area contributed by atoms with Crippen molar-refractivity contribution in [3.8, 4) is 11.5 Å². The molecule has 2 nitrogen and oxygen atoms in total. The van der Waals surface area contributed by atoms with Crippen LogP contribution < -0.4 is 9.47 Å². The number of fused-ring (bicyclic) bond motifs is 1. The van der Waals surface area contributed by atoms with Crippen molar-refractivity contribution in [2.45, 2.75) is 43.6 Å². The average molecular weight is 280 g/mol. The summed E-state index contributed by atoms with van der Waals surface area (Å²) in [5.41, 5.74) is 3.96. The Kier molecular flexibility index (Phi) is 1.68. The van der Waals surface area contributed by atoms with Gasteiger partial charge in [-0.25, -0.2) is 0 Å². The molecule has 1 aromatic rings. The molecule has 4 aliphatic carbocycles. The summed E-state index contributed by atoms with van der Waals surface area (Å²) in [6.07, 6.45) is 11.7. The maximum Gasteiger partial charge on any atom is 0.166 e. The molecule has 2 saturated carbocycles.